The minimum Gasteiger partial charge on any atom is -0.386 e. The molecule has 2 aromatic carbocycles. The summed E-state index contributed by atoms with van der Waals surface area (Å²) in [6.07, 6.45) is 0.952. The van der Waals surface area contributed by atoms with E-state index in [4.69, 9.17) is 0 Å². The molecule has 1 N–H and O–H groups in total. The highest BCUT2D eigenvalue weighted by Crippen LogP contribution is 2.20. The van der Waals surface area contributed by atoms with E-state index in [1.54, 1.807) is 30.4 Å². The Morgan fingerprint density at radius 2 is 1.78 bits per heavy atom. The fourth-order valence-electron chi connectivity index (χ4n) is 2.08. The number of hydrogen-bond donors (Lipinski definition) is 1. The molecule has 120 valence electrons. The molecule has 0 aliphatic heterocycles. The highest BCUT2D eigenvalue weighted by Gasteiger charge is 2.19. The van der Waals surface area contributed by atoms with Gasteiger partial charge in [-0.2, -0.15) is 5.10 Å². The minimum absolute atomic E-state index is 0.0448. The van der Waals surface area contributed by atoms with E-state index in [9.17, 15) is 15.2 Å². The number of benzene rings is 2. The fraction of sp³-hybridized carbons (Fsp3) is 0.235. The van der Waals surface area contributed by atoms with Crippen molar-refractivity contribution in [2.24, 2.45) is 5.10 Å². The molecule has 0 fully saturated rings. The summed E-state index contributed by atoms with van der Waals surface area (Å²) in [5.74, 6) is 0. The van der Waals surface area contributed by atoms with E-state index in [1.807, 2.05) is 37.3 Å². The average Bonchev–Trinajstić information content (AvgIpc) is 2.59. The van der Waals surface area contributed by atoms with Crippen LogP contribution in [0.1, 0.15) is 24.2 Å². The van der Waals surface area contributed by atoms with Crippen molar-refractivity contribution < 1.29 is 10.0 Å². The number of hydrazone groups is 1. The fourth-order valence-corrected chi connectivity index (χ4v) is 2.08. The molecule has 0 radical (unpaired) electrons. The van der Waals surface area contributed by atoms with Gasteiger partial charge in [-0.1, -0.05) is 30.3 Å². The lowest BCUT2D eigenvalue weighted by atomic mass is 10.0. The van der Waals surface area contributed by atoms with Gasteiger partial charge in [0.1, 0.15) is 6.10 Å². The van der Waals surface area contributed by atoms with Crippen LogP contribution >= 0.6 is 0 Å². The number of non-ortho nitro benzene ring substituents is 1. The Hall–Kier alpha value is -2.73. The van der Waals surface area contributed by atoms with Crippen LogP contribution in [-0.4, -0.2) is 34.3 Å². The molecule has 2 atom stereocenters. The van der Waals surface area contributed by atoms with Crippen molar-refractivity contribution in [1.82, 2.24) is 5.01 Å². The first kappa shape index (κ1) is 16.6. The van der Waals surface area contributed by atoms with E-state index in [-0.39, 0.29) is 11.7 Å². The van der Waals surface area contributed by atoms with E-state index in [2.05, 4.69) is 5.10 Å². The van der Waals surface area contributed by atoms with Crippen molar-refractivity contribution in [3.63, 3.8) is 0 Å². The number of nitrogens with zero attached hydrogens (tertiary/aromatic N) is 3. The Balaban J connectivity index is 2.02. The molecule has 0 spiro atoms. The zero-order valence-corrected chi connectivity index (χ0v) is 13.0. The normalized spacial score (nSPS) is 13.7. The van der Waals surface area contributed by atoms with Gasteiger partial charge in [0.15, 0.2) is 0 Å². The summed E-state index contributed by atoms with van der Waals surface area (Å²) >= 11 is 0. The summed E-state index contributed by atoms with van der Waals surface area (Å²) < 4.78 is 0. The molecule has 6 nitrogen and oxygen atoms in total. The van der Waals surface area contributed by atoms with Gasteiger partial charge in [0, 0.05) is 19.2 Å². The predicted octanol–water partition coefficient (Wildman–Crippen LogP) is 2.98. The maximum Gasteiger partial charge on any atom is 0.269 e. The molecular weight excluding hydrogens is 294 g/mol. The highest BCUT2D eigenvalue weighted by atomic mass is 16.6. The second-order valence-electron chi connectivity index (χ2n) is 5.26. The van der Waals surface area contributed by atoms with Crippen molar-refractivity contribution in [2.75, 3.05) is 7.05 Å². The lowest BCUT2D eigenvalue weighted by molar-refractivity contribution is -0.384. The number of nitro groups is 1. The molecule has 6 heteroatoms. The van der Waals surface area contributed by atoms with Gasteiger partial charge in [-0.25, -0.2) is 0 Å². The first-order chi connectivity index (χ1) is 11.0. The second kappa shape index (κ2) is 7.51. The molecule has 0 aliphatic rings. The Morgan fingerprint density at radius 3 is 2.35 bits per heavy atom. The molecule has 0 heterocycles. The van der Waals surface area contributed by atoms with Crippen LogP contribution in [0.5, 0.6) is 0 Å². The minimum atomic E-state index is -0.657. The van der Waals surface area contributed by atoms with Crippen LogP contribution < -0.4 is 0 Å². The zero-order valence-electron chi connectivity index (χ0n) is 13.0. The van der Waals surface area contributed by atoms with Crippen molar-refractivity contribution in [3.05, 3.63) is 75.8 Å². The van der Waals surface area contributed by atoms with Crippen molar-refractivity contribution in [1.29, 1.82) is 0 Å². The van der Waals surface area contributed by atoms with Crippen LogP contribution in [0.4, 0.5) is 5.69 Å². The quantitative estimate of drug-likeness (QED) is 0.505. The Bertz CT molecular complexity index is 671. The maximum atomic E-state index is 10.6. The Morgan fingerprint density at radius 1 is 1.17 bits per heavy atom. The zero-order chi connectivity index (χ0) is 16.8. The van der Waals surface area contributed by atoms with Gasteiger partial charge in [-0.15, -0.1) is 0 Å². The number of aliphatic hydroxyl groups is 1. The van der Waals surface area contributed by atoms with Crippen molar-refractivity contribution in [3.8, 4) is 0 Å². The van der Waals surface area contributed by atoms with Gasteiger partial charge >= 0.3 is 0 Å². The monoisotopic (exact) mass is 313 g/mol. The summed E-state index contributed by atoms with van der Waals surface area (Å²) in [7, 11) is 1.78. The van der Waals surface area contributed by atoms with Crippen molar-refractivity contribution >= 4 is 11.9 Å². The molecule has 2 aromatic rings. The SMILES string of the molecule is C[C@@H]([C@H](O)c1ccccc1)N(C)/N=C/c1ccc([N+](=O)[O-])cc1. The number of hydrogen-bond acceptors (Lipinski definition) is 5. The summed E-state index contributed by atoms with van der Waals surface area (Å²) in [6.45, 7) is 1.88. The van der Waals surface area contributed by atoms with Crippen LogP contribution in [0, 0.1) is 10.1 Å². The number of likely N-dealkylation sites (N-methyl/N-ethyl adjacent to an activating group) is 1. The standard InChI is InChI=1S/C17H19N3O3/c1-13(17(21)15-6-4-3-5-7-15)19(2)18-12-14-8-10-16(11-9-14)20(22)23/h3-13,17,21H,1-2H3/b18-12+/t13-,17-/m0/s1. The van der Waals surface area contributed by atoms with Gasteiger partial charge in [0.2, 0.25) is 0 Å². The third-order valence-corrected chi connectivity index (χ3v) is 3.68. The molecule has 0 saturated carbocycles. The van der Waals surface area contributed by atoms with E-state index in [1.165, 1.54) is 12.1 Å². The summed E-state index contributed by atoms with van der Waals surface area (Å²) in [5, 5.41) is 26.9. The molecule has 0 bridgehead atoms. The molecule has 2 rings (SSSR count). The summed E-state index contributed by atoms with van der Waals surface area (Å²) in [5.41, 5.74) is 1.63. The third-order valence-electron chi connectivity index (χ3n) is 3.68. The molecule has 0 aromatic heterocycles. The lowest BCUT2D eigenvalue weighted by Gasteiger charge is -2.26. The highest BCUT2D eigenvalue weighted by molar-refractivity contribution is 5.79. The molecule has 0 unspecified atom stereocenters. The van der Waals surface area contributed by atoms with Gasteiger partial charge in [0.05, 0.1) is 17.2 Å². The van der Waals surface area contributed by atoms with E-state index >= 15 is 0 Å². The van der Waals surface area contributed by atoms with Gasteiger partial charge in [-0.3, -0.25) is 15.1 Å². The average molecular weight is 313 g/mol. The second-order valence-corrected chi connectivity index (χ2v) is 5.26. The smallest absolute Gasteiger partial charge is 0.269 e. The first-order valence-electron chi connectivity index (χ1n) is 7.23. The van der Waals surface area contributed by atoms with Gasteiger partial charge < -0.3 is 5.11 Å². The van der Waals surface area contributed by atoms with Crippen LogP contribution in [0.2, 0.25) is 0 Å². The van der Waals surface area contributed by atoms with Crippen LogP contribution in [0.25, 0.3) is 0 Å². The maximum absolute atomic E-state index is 10.6. The predicted molar refractivity (Wildman–Crippen MR) is 89.3 cm³/mol. The molecule has 0 aliphatic carbocycles. The molecule has 0 amide bonds. The summed E-state index contributed by atoms with van der Waals surface area (Å²) in [4.78, 5) is 10.2. The summed E-state index contributed by atoms with van der Waals surface area (Å²) in [6, 6.07) is 15.3. The van der Waals surface area contributed by atoms with Crippen LogP contribution in [0.15, 0.2) is 59.7 Å². The topological polar surface area (TPSA) is 79.0 Å². The van der Waals surface area contributed by atoms with Gasteiger partial charge in [-0.05, 0) is 30.2 Å². The largest absolute Gasteiger partial charge is 0.386 e. The number of nitro benzene ring substituents is 1. The van der Waals surface area contributed by atoms with Crippen LogP contribution in [-0.2, 0) is 0 Å². The Labute approximate surface area is 134 Å². The third kappa shape index (κ3) is 4.37. The number of aliphatic hydroxyl groups excluding tert-OH is 1. The Kier molecular flexibility index (Phi) is 5.43. The number of rotatable bonds is 6. The molecule has 23 heavy (non-hydrogen) atoms. The van der Waals surface area contributed by atoms with Crippen molar-refractivity contribution in [2.45, 2.75) is 19.1 Å². The molecule has 0 saturated heterocycles. The van der Waals surface area contributed by atoms with Gasteiger partial charge in [0.25, 0.3) is 5.69 Å². The van der Waals surface area contributed by atoms with Crippen LogP contribution in [0.3, 0.4) is 0 Å². The van der Waals surface area contributed by atoms with E-state index < -0.39 is 11.0 Å². The lowest BCUT2D eigenvalue weighted by Crippen LogP contribution is -2.30. The van der Waals surface area contributed by atoms with E-state index in [0.29, 0.717) is 0 Å². The van der Waals surface area contributed by atoms with E-state index in [0.717, 1.165) is 11.1 Å². The molecular formula is C17H19N3O3. The first-order valence-corrected chi connectivity index (χ1v) is 7.23.